The molecule has 0 bridgehead atoms. The van der Waals surface area contributed by atoms with Crippen molar-refractivity contribution in [3.8, 4) is 0 Å². The fraction of sp³-hybridized carbons (Fsp3) is 0.628. The smallest absolute Gasteiger partial charge is 0.331 e. The zero-order valence-electron chi connectivity index (χ0n) is 33.1. The SMILES string of the molecule is CC(=C\C=C\C(C)=C\[C@H](O)[C@@H](O)C[C@H](C)O)/C=C(C)/C=C/C(=O)O[C@H]1CCCC(=O)OC([C@@H](C)C/C(C)=C/[C@@H](C)[C@H](O)C[C@@H](C)O)C/C=C/C[C@@H]1C. The Balaban J connectivity index is 2.79. The van der Waals surface area contributed by atoms with Crippen molar-refractivity contribution in [3.05, 3.63) is 83.1 Å². The van der Waals surface area contributed by atoms with E-state index in [9.17, 15) is 35.1 Å². The summed E-state index contributed by atoms with van der Waals surface area (Å²) in [5.41, 5.74) is 3.68. The zero-order chi connectivity index (χ0) is 39.4. The Morgan fingerprint density at radius 3 is 2.15 bits per heavy atom. The molecule has 52 heavy (non-hydrogen) atoms. The van der Waals surface area contributed by atoms with Gasteiger partial charge in [-0.15, -0.1) is 0 Å². The highest BCUT2D eigenvalue weighted by molar-refractivity contribution is 5.82. The van der Waals surface area contributed by atoms with Gasteiger partial charge >= 0.3 is 11.9 Å². The minimum atomic E-state index is -1.07. The lowest BCUT2D eigenvalue weighted by atomic mass is 9.90. The largest absolute Gasteiger partial charge is 0.462 e. The van der Waals surface area contributed by atoms with Crippen molar-refractivity contribution in [2.24, 2.45) is 17.8 Å². The van der Waals surface area contributed by atoms with Crippen molar-refractivity contribution >= 4 is 11.9 Å². The molecule has 10 atom stereocenters. The van der Waals surface area contributed by atoms with Gasteiger partial charge in [0.1, 0.15) is 12.2 Å². The van der Waals surface area contributed by atoms with Gasteiger partial charge in [0.25, 0.3) is 0 Å². The predicted molar refractivity (Wildman–Crippen MR) is 208 cm³/mol. The highest BCUT2D eigenvalue weighted by Crippen LogP contribution is 2.26. The average Bonchev–Trinajstić information content (AvgIpc) is 3.03. The molecule has 1 aliphatic heterocycles. The van der Waals surface area contributed by atoms with Crippen LogP contribution in [-0.4, -0.2) is 80.2 Å². The molecule has 0 saturated heterocycles. The molecule has 5 N–H and O–H groups in total. The van der Waals surface area contributed by atoms with E-state index in [0.717, 1.165) is 35.1 Å². The molecule has 0 amide bonds. The monoisotopic (exact) mass is 728 g/mol. The number of rotatable bonds is 17. The molecule has 0 radical (unpaired) electrons. The van der Waals surface area contributed by atoms with Gasteiger partial charge in [0.15, 0.2) is 0 Å². The number of hydrogen-bond donors (Lipinski definition) is 5. The Hall–Kier alpha value is -3.08. The molecule has 0 aromatic rings. The number of carbonyl (C=O) groups excluding carboxylic acids is 2. The molecule has 0 aromatic carbocycles. The second kappa shape index (κ2) is 25.0. The van der Waals surface area contributed by atoms with Crippen LogP contribution in [0, 0.1) is 17.8 Å². The number of aliphatic hydroxyl groups is 5. The molecule has 0 saturated carbocycles. The van der Waals surface area contributed by atoms with E-state index in [1.165, 1.54) is 6.08 Å². The molecule has 294 valence electrons. The standard InChI is InChI=1S/C43H68O9/c1-28(14-12-15-29(2)25-38(47)39(48)27-36(9)45)22-30(3)20-21-43(50)51-40-18-13-19-42(49)52-41(17-11-10-16-32(40)5)34(7)24-31(4)23-33(6)37(46)26-35(8)44/h10-12,14-15,20-23,25,32-41,44-48H,13,16-19,24,26-27H2,1-9H3/b11-10+,15-12+,21-20+,28-14+,29-25+,30-22+,31-23+/t32-,33+,34-,35+,36-,37+,38-,39-,40-,41?/m0/s1. The van der Waals surface area contributed by atoms with Gasteiger partial charge in [-0.25, -0.2) is 4.79 Å². The summed E-state index contributed by atoms with van der Waals surface area (Å²) >= 11 is 0. The van der Waals surface area contributed by atoms with Crippen LogP contribution < -0.4 is 0 Å². The first-order valence-corrected chi connectivity index (χ1v) is 18.9. The van der Waals surface area contributed by atoms with Crippen LogP contribution in [0.1, 0.15) is 114 Å². The number of cyclic esters (lactones) is 1. The second-order valence-corrected chi connectivity index (χ2v) is 15.1. The molecule has 1 unspecified atom stereocenters. The lowest BCUT2D eigenvalue weighted by molar-refractivity contribution is -0.151. The third kappa shape index (κ3) is 20.8. The lowest BCUT2D eigenvalue weighted by Gasteiger charge is -2.26. The van der Waals surface area contributed by atoms with Crippen molar-refractivity contribution < 1.29 is 44.6 Å². The van der Waals surface area contributed by atoms with Gasteiger partial charge < -0.3 is 35.0 Å². The van der Waals surface area contributed by atoms with E-state index in [-0.39, 0.29) is 48.8 Å². The number of esters is 2. The molecule has 0 fully saturated rings. The van der Waals surface area contributed by atoms with Crippen molar-refractivity contribution in [2.45, 2.75) is 156 Å². The van der Waals surface area contributed by atoms with Crippen LogP contribution in [0.2, 0.25) is 0 Å². The Morgan fingerprint density at radius 2 is 1.50 bits per heavy atom. The number of aliphatic hydroxyl groups excluding tert-OH is 5. The molecule has 1 rings (SSSR count). The van der Waals surface area contributed by atoms with Crippen LogP contribution in [0.4, 0.5) is 0 Å². The molecule has 1 aliphatic rings. The van der Waals surface area contributed by atoms with E-state index < -0.39 is 36.5 Å². The van der Waals surface area contributed by atoms with Gasteiger partial charge in [-0.1, -0.05) is 97.7 Å². The van der Waals surface area contributed by atoms with Gasteiger partial charge in [0, 0.05) is 31.3 Å². The molecule has 9 nitrogen and oxygen atoms in total. The normalized spacial score (nSPS) is 25.3. The molecule has 0 aliphatic carbocycles. The third-order valence-electron chi connectivity index (χ3n) is 9.18. The minimum Gasteiger partial charge on any atom is -0.462 e. The number of hydrogen-bond acceptors (Lipinski definition) is 9. The number of ether oxygens (including phenoxy) is 2. The van der Waals surface area contributed by atoms with Crippen LogP contribution in [-0.2, 0) is 19.1 Å². The van der Waals surface area contributed by atoms with Crippen molar-refractivity contribution in [1.29, 1.82) is 0 Å². The van der Waals surface area contributed by atoms with E-state index in [2.05, 4.69) is 19.9 Å². The maximum Gasteiger partial charge on any atom is 0.331 e. The Labute approximate surface area is 313 Å². The summed E-state index contributed by atoms with van der Waals surface area (Å²) in [6, 6.07) is 0. The fourth-order valence-electron chi connectivity index (χ4n) is 6.18. The predicted octanol–water partition coefficient (Wildman–Crippen LogP) is 7.15. The quantitative estimate of drug-likeness (QED) is 0.0455. The highest BCUT2D eigenvalue weighted by atomic mass is 16.5. The highest BCUT2D eigenvalue weighted by Gasteiger charge is 2.25. The van der Waals surface area contributed by atoms with Crippen molar-refractivity contribution in [2.75, 3.05) is 0 Å². The Morgan fingerprint density at radius 1 is 0.865 bits per heavy atom. The first kappa shape index (κ1) is 46.9. The number of carbonyl (C=O) groups is 2. The van der Waals surface area contributed by atoms with Gasteiger partial charge in [0.2, 0.25) is 0 Å². The fourth-order valence-corrected chi connectivity index (χ4v) is 6.18. The summed E-state index contributed by atoms with van der Waals surface area (Å²) in [5.74, 6) is -0.652. The van der Waals surface area contributed by atoms with E-state index in [1.807, 2.05) is 71.1 Å². The average molecular weight is 729 g/mol. The minimum absolute atomic E-state index is 0.0633. The Bertz CT molecular complexity index is 1300. The summed E-state index contributed by atoms with van der Waals surface area (Å²) in [6.45, 7) is 17.0. The van der Waals surface area contributed by atoms with E-state index in [1.54, 1.807) is 26.0 Å². The summed E-state index contributed by atoms with van der Waals surface area (Å²) in [4.78, 5) is 25.7. The first-order chi connectivity index (χ1) is 24.4. The molecule has 0 aromatic heterocycles. The molecule has 0 spiro atoms. The van der Waals surface area contributed by atoms with E-state index in [0.29, 0.717) is 25.7 Å². The topological polar surface area (TPSA) is 154 Å². The van der Waals surface area contributed by atoms with Gasteiger partial charge in [-0.2, -0.15) is 0 Å². The van der Waals surface area contributed by atoms with Crippen LogP contribution in [0.25, 0.3) is 0 Å². The third-order valence-corrected chi connectivity index (χ3v) is 9.18. The van der Waals surface area contributed by atoms with E-state index in [4.69, 9.17) is 9.47 Å². The number of allylic oxidation sites excluding steroid dienone is 10. The van der Waals surface area contributed by atoms with Crippen LogP contribution in [0.5, 0.6) is 0 Å². The van der Waals surface area contributed by atoms with Crippen LogP contribution >= 0.6 is 0 Å². The summed E-state index contributed by atoms with van der Waals surface area (Å²) in [7, 11) is 0. The van der Waals surface area contributed by atoms with Crippen molar-refractivity contribution in [3.63, 3.8) is 0 Å². The molecular formula is C43H68O9. The molecule has 1 heterocycles. The maximum absolute atomic E-state index is 12.9. The van der Waals surface area contributed by atoms with Gasteiger partial charge in [0.05, 0.1) is 30.5 Å². The second-order valence-electron chi connectivity index (χ2n) is 15.1. The van der Waals surface area contributed by atoms with Gasteiger partial charge in [-0.05, 0) is 85.5 Å². The molecule has 9 heteroatoms. The Kier molecular flexibility index (Phi) is 22.6. The summed E-state index contributed by atoms with van der Waals surface area (Å²) in [5, 5.41) is 49.4. The first-order valence-electron chi connectivity index (χ1n) is 18.9. The summed E-state index contributed by atoms with van der Waals surface area (Å²) in [6.07, 6.45) is 17.5. The zero-order valence-corrected chi connectivity index (χ0v) is 33.1. The van der Waals surface area contributed by atoms with Gasteiger partial charge in [-0.3, -0.25) is 4.79 Å². The molecular weight excluding hydrogens is 660 g/mol. The van der Waals surface area contributed by atoms with Crippen LogP contribution in [0.15, 0.2) is 83.1 Å². The maximum atomic E-state index is 12.9. The van der Waals surface area contributed by atoms with Crippen molar-refractivity contribution in [1.82, 2.24) is 0 Å². The summed E-state index contributed by atoms with van der Waals surface area (Å²) < 4.78 is 11.8. The van der Waals surface area contributed by atoms with Crippen LogP contribution in [0.3, 0.4) is 0 Å². The van der Waals surface area contributed by atoms with E-state index >= 15 is 0 Å². The lowest BCUT2D eigenvalue weighted by Crippen LogP contribution is -2.27.